The summed E-state index contributed by atoms with van der Waals surface area (Å²) in [5.74, 6) is -3.60. The zero-order chi connectivity index (χ0) is 26.0. The second-order valence-corrected chi connectivity index (χ2v) is 11.1. The zero-order valence-corrected chi connectivity index (χ0v) is 20.1. The van der Waals surface area contributed by atoms with Crippen LogP contribution in [0.25, 0.3) is 0 Å². The third-order valence-corrected chi connectivity index (χ3v) is 9.56. The third kappa shape index (κ3) is 3.46. The van der Waals surface area contributed by atoms with E-state index >= 15 is 8.78 Å². The largest absolute Gasteiger partial charge is 0.301 e. The van der Waals surface area contributed by atoms with Crippen LogP contribution in [0, 0.1) is 54.7 Å². The van der Waals surface area contributed by atoms with Crippen LogP contribution in [0.2, 0.25) is 0 Å². The molecule has 1 N–H and O–H groups in total. The average molecular weight is 503 g/mol. The summed E-state index contributed by atoms with van der Waals surface area (Å²) in [5.41, 5.74) is -0.259. The Balaban J connectivity index is 1.40. The van der Waals surface area contributed by atoms with Crippen LogP contribution in [0.4, 0.5) is 25.8 Å². The first-order valence-corrected chi connectivity index (χ1v) is 12.3. The molecule has 0 radical (unpaired) electrons. The molecule has 9 nitrogen and oxygen atoms in total. The molecule has 1 aromatic carbocycles. The standard InChI is InChI=1S/C25H28F2N4O5/c1-23-12-10-21(29-28-18-6-3-14(30(33)34)13-19(18)31(35)36)25(26,27)20(23)7-4-15-16-5-8-22(32)24(16,2)11-9-17(15)23/h3,5-6,8,13,15-17,20,28H,4,7,9-12H2,1-2H3/t15-,16-,17-,20?,23+,24-/m0/s1. The first-order valence-electron chi connectivity index (χ1n) is 12.3. The van der Waals surface area contributed by atoms with E-state index in [4.69, 9.17) is 0 Å². The zero-order valence-electron chi connectivity index (χ0n) is 20.1. The highest BCUT2D eigenvalue weighted by Crippen LogP contribution is 2.66. The molecular weight excluding hydrogens is 474 g/mol. The molecule has 3 saturated carbocycles. The predicted molar refractivity (Wildman–Crippen MR) is 128 cm³/mol. The highest BCUT2D eigenvalue weighted by Gasteiger charge is 2.65. The Morgan fingerprint density at radius 3 is 2.53 bits per heavy atom. The van der Waals surface area contributed by atoms with Gasteiger partial charge in [0.2, 0.25) is 0 Å². The number of benzene rings is 1. The van der Waals surface area contributed by atoms with Gasteiger partial charge in [-0.1, -0.05) is 19.9 Å². The number of nitrogens with one attached hydrogen (secondary N) is 1. The van der Waals surface area contributed by atoms with Crippen molar-refractivity contribution in [2.45, 2.75) is 58.3 Å². The Kier molecular flexibility index (Phi) is 5.53. The Labute approximate surface area is 206 Å². The SMILES string of the molecule is C[C@]12CCC(=NNc3ccc([N+](=O)[O-])cc3[N+](=O)[O-])C(F)(F)C1CC[C@@H]1[C@@H]2CC[C@]2(C)C(=O)C=C[C@@H]12. The molecule has 0 aliphatic heterocycles. The Morgan fingerprint density at radius 2 is 1.83 bits per heavy atom. The van der Waals surface area contributed by atoms with E-state index in [-0.39, 0.29) is 41.4 Å². The Bertz CT molecular complexity index is 1220. The second kappa shape index (κ2) is 8.14. The molecule has 11 heteroatoms. The van der Waals surface area contributed by atoms with Gasteiger partial charge in [0.15, 0.2) is 5.78 Å². The van der Waals surface area contributed by atoms with E-state index in [0.29, 0.717) is 25.7 Å². The molecule has 0 amide bonds. The van der Waals surface area contributed by atoms with E-state index in [9.17, 15) is 25.0 Å². The molecule has 0 aromatic heterocycles. The summed E-state index contributed by atoms with van der Waals surface area (Å²) in [5, 5.41) is 26.2. The van der Waals surface area contributed by atoms with Crippen molar-refractivity contribution in [2.24, 2.45) is 39.6 Å². The van der Waals surface area contributed by atoms with Gasteiger partial charge in [0.05, 0.1) is 15.9 Å². The fourth-order valence-electron chi connectivity index (χ4n) is 7.58. The summed E-state index contributed by atoms with van der Waals surface area (Å²) >= 11 is 0. The molecule has 0 saturated heterocycles. The Morgan fingerprint density at radius 1 is 1.08 bits per heavy atom. The molecule has 4 aliphatic rings. The van der Waals surface area contributed by atoms with Crippen LogP contribution >= 0.6 is 0 Å². The number of allylic oxidation sites excluding steroid dienone is 2. The number of ketones is 1. The monoisotopic (exact) mass is 502 g/mol. The predicted octanol–water partition coefficient (Wildman–Crippen LogP) is 5.90. The van der Waals surface area contributed by atoms with Gasteiger partial charge in [0.1, 0.15) is 11.4 Å². The van der Waals surface area contributed by atoms with Crippen molar-refractivity contribution in [1.82, 2.24) is 0 Å². The lowest BCUT2D eigenvalue weighted by Gasteiger charge is -2.60. The number of hydrogen-bond donors (Lipinski definition) is 1. The number of nitrogens with zero attached hydrogens (tertiary/aromatic N) is 3. The lowest BCUT2D eigenvalue weighted by molar-refractivity contribution is -0.393. The highest BCUT2D eigenvalue weighted by molar-refractivity contribution is 5.97. The van der Waals surface area contributed by atoms with Crippen molar-refractivity contribution in [1.29, 1.82) is 0 Å². The number of nitro groups is 2. The summed E-state index contributed by atoms with van der Waals surface area (Å²) in [4.78, 5) is 33.3. The number of carbonyl (C=O) groups is 1. The molecule has 3 fully saturated rings. The highest BCUT2D eigenvalue weighted by atomic mass is 19.3. The van der Waals surface area contributed by atoms with Gasteiger partial charge in [0.25, 0.3) is 11.6 Å². The van der Waals surface area contributed by atoms with Gasteiger partial charge in [-0.15, -0.1) is 0 Å². The van der Waals surface area contributed by atoms with Crippen LogP contribution in [-0.4, -0.2) is 27.3 Å². The van der Waals surface area contributed by atoms with E-state index in [1.807, 2.05) is 19.9 Å². The van der Waals surface area contributed by atoms with Gasteiger partial charge in [0, 0.05) is 17.4 Å². The van der Waals surface area contributed by atoms with Gasteiger partial charge in [-0.25, -0.2) is 0 Å². The van der Waals surface area contributed by atoms with Crippen LogP contribution in [0.3, 0.4) is 0 Å². The molecule has 4 aliphatic carbocycles. The number of hydrogen-bond acceptors (Lipinski definition) is 7. The number of alkyl halides is 2. The molecule has 1 unspecified atom stereocenters. The minimum atomic E-state index is -3.21. The van der Waals surface area contributed by atoms with E-state index < -0.39 is 43.9 Å². The third-order valence-electron chi connectivity index (χ3n) is 9.56. The minimum absolute atomic E-state index is 0.0354. The summed E-state index contributed by atoms with van der Waals surface area (Å²) in [6.45, 7) is 3.96. The van der Waals surface area contributed by atoms with Gasteiger partial charge >= 0.3 is 5.69 Å². The van der Waals surface area contributed by atoms with E-state index in [1.54, 1.807) is 6.08 Å². The number of anilines is 1. The molecule has 0 spiro atoms. The minimum Gasteiger partial charge on any atom is -0.294 e. The van der Waals surface area contributed by atoms with E-state index in [2.05, 4.69) is 10.5 Å². The maximum Gasteiger partial charge on any atom is 0.301 e. The number of halogens is 2. The Hall–Kier alpha value is -3.24. The number of non-ortho nitro benzene ring substituents is 1. The first kappa shape index (κ1) is 24.5. The molecule has 5 rings (SSSR count). The number of fused-ring (bicyclic) bond motifs is 5. The average Bonchev–Trinajstić information content (AvgIpc) is 3.12. The molecule has 0 heterocycles. The van der Waals surface area contributed by atoms with Gasteiger partial charge in [-0.05, 0) is 73.8 Å². The first-order chi connectivity index (χ1) is 16.9. The fourth-order valence-corrected chi connectivity index (χ4v) is 7.58. The summed E-state index contributed by atoms with van der Waals surface area (Å²) < 4.78 is 31.8. The topological polar surface area (TPSA) is 128 Å². The van der Waals surface area contributed by atoms with Crippen LogP contribution in [-0.2, 0) is 4.79 Å². The lowest BCUT2D eigenvalue weighted by atomic mass is 9.44. The van der Waals surface area contributed by atoms with Crippen LogP contribution < -0.4 is 5.43 Å². The quantitative estimate of drug-likeness (QED) is 0.403. The summed E-state index contributed by atoms with van der Waals surface area (Å²) in [7, 11) is 0. The number of nitro benzene ring substituents is 2. The van der Waals surface area contributed by atoms with Crippen LogP contribution in [0.15, 0.2) is 35.5 Å². The van der Waals surface area contributed by atoms with Crippen molar-refractivity contribution >= 4 is 28.6 Å². The van der Waals surface area contributed by atoms with Crippen molar-refractivity contribution < 1.29 is 23.4 Å². The van der Waals surface area contributed by atoms with Crippen LogP contribution in [0.1, 0.15) is 52.4 Å². The maximum atomic E-state index is 15.9. The lowest BCUT2D eigenvalue weighted by Crippen LogP contribution is -2.60. The van der Waals surface area contributed by atoms with Gasteiger partial charge in [-0.2, -0.15) is 13.9 Å². The van der Waals surface area contributed by atoms with Crippen LogP contribution in [0.5, 0.6) is 0 Å². The summed E-state index contributed by atoms with van der Waals surface area (Å²) in [6.07, 6.45) is 6.59. The van der Waals surface area contributed by atoms with Gasteiger partial charge < -0.3 is 0 Å². The molecule has 192 valence electrons. The van der Waals surface area contributed by atoms with E-state index in [1.165, 1.54) is 0 Å². The van der Waals surface area contributed by atoms with Crippen molar-refractivity contribution in [3.8, 4) is 0 Å². The molecule has 36 heavy (non-hydrogen) atoms. The van der Waals surface area contributed by atoms with Crippen molar-refractivity contribution in [3.05, 3.63) is 50.6 Å². The summed E-state index contributed by atoms with van der Waals surface area (Å²) in [6, 6.07) is 2.94. The second-order valence-electron chi connectivity index (χ2n) is 11.1. The van der Waals surface area contributed by atoms with Gasteiger partial charge in [-0.3, -0.25) is 30.4 Å². The number of rotatable bonds is 4. The van der Waals surface area contributed by atoms with Crippen molar-refractivity contribution in [2.75, 3.05) is 5.43 Å². The molecular formula is C25H28F2N4O5. The smallest absolute Gasteiger partial charge is 0.294 e. The number of hydrazone groups is 1. The molecule has 0 bridgehead atoms. The van der Waals surface area contributed by atoms with E-state index in [0.717, 1.165) is 24.6 Å². The molecule has 1 aromatic rings. The maximum absolute atomic E-state index is 15.9. The normalized spacial score (nSPS) is 37.7. The number of carbonyl (C=O) groups excluding carboxylic acids is 1. The fraction of sp³-hybridized carbons (Fsp3) is 0.600. The van der Waals surface area contributed by atoms with Crippen molar-refractivity contribution in [3.63, 3.8) is 0 Å². The molecule has 6 atom stereocenters.